The third-order valence-electron chi connectivity index (χ3n) is 7.12. The zero-order valence-electron chi connectivity index (χ0n) is 19.1. The largest absolute Gasteiger partial charge is 0.508 e. The summed E-state index contributed by atoms with van der Waals surface area (Å²) in [6, 6.07) is 9.68. The monoisotopic (exact) mass is 462 g/mol. The summed E-state index contributed by atoms with van der Waals surface area (Å²) < 4.78 is 0. The molecule has 0 aromatic heterocycles. The van der Waals surface area contributed by atoms with Gasteiger partial charge in [0.05, 0.1) is 10.0 Å². The fraction of sp³-hybridized carbons (Fsp3) is 0.556. The summed E-state index contributed by atoms with van der Waals surface area (Å²) in [6.07, 6.45) is 9.83. The average molecular weight is 463 g/mol. The summed E-state index contributed by atoms with van der Waals surface area (Å²) in [5.74, 6) is 1.11. The number of halogens is 2. The highest BCUT2D eigenvalue weighted by atomic mass is 35.5. The van der Waals surface area contributed by atoms with Gasteiger partial charge in [0.15, 0.2) is 0 Å². The van der Waals surface area contributed by atoms with Crippen LogP contribution in [0.15, 0.2) is 30.3 Å². The Hall–Kier alpha value is -1.38. The number of hydrogen-bond acceptors (Lipinski definition) is 2. The van der Waals surface area contributed by atoms with Crippen LogP contribution >= 0.6 is 23.2 Å². The molecule has 0 aliphatic heterocycles. The molecule has 0 atom stereocenters. The van der Waals surface area contributed by atoms with Crippen LogP contribution in [0.5, 0.6) is 11.5 Å². The molecule has 0 saturated heterocycles. The van der Waals surface area contributed by atoms with E-state index in [0.29, 0.717) is 16.0 Å². The van der Waals surface area contributed by atoms with Gasteiger partial charge in [-0.1, -0.05) is 75.7 Å². The van der Waals surface area contributed by atoms with Gasteiger partial charge in [-0.25, -0.2) is 0 Å². The second kappa shape index (κ2) is 10.5. The van der Waals surface area contributed by atoms with E-state index >= 15 is 0 Å². The van der Waals surface area contributed by atoms with Crippen LogP contribution in [0.2, 0.25) is 10.0 Å². The topological polar surface area (TPSA) is 40.5 Å². The molecule has 2 aromatic rings. The summed E-state index contributed by atoms with van der Waals surface area (Å²) in [5, 5.41) is 22.9. The van der Waals surface area contributed by atoms with Crippen molar-refractivity contribution < 1.29 is 10.2 Å². The van der Waals surface area contributed by atoms with Gasteiger partial charge in [-0.15, -0.1) is 0 Å². The lowest BCUT2D eigenvalue weighted by Gasteiger charge is -2.31. The predicted molar refractivity (Wildman–Crippen MR) is 132 cm³/mol. The molecule has 4 heteroatoms. The van der Waals surface area contributed by atoms with Crippen molar-refractivity contribution in [1.82, 2.24) is 0 Å². The van der Waals surface area contributed by atoms with Gasteiger partial charge in [0.2, 0.25) is 0 Å². The van der Waals surface area contributed by atoms with Crippen LogP contribution in [0.3, 0.4) is 0 Å². The van der Waals surface area contributed by atoms with Crippen LogP contribution in [-0.2, 0) is 5.41 Å². The molecule has 0 bridgehead atoms. The van der Waals surface area contributed by atoms with Crippen molar-refractivity contribution in [1.29, 1.82) is 0 Å². The SMILES string of the molecule is CCCCCCC(C)(C)c1cc(O)c(C2CCC(c3ccc(Cl)c(Cl)c3)CC2)c(O)c1. The van der Waals surface area contributed by atoms with Crippen molar-refractivity contribution in [3.05, 3.63) is 57.1 Å². The molecule has 2 nitrogen and oxygen atoms in total. The number of hydrogen-bond donors (Lipinski definition) is 2. The van der Waals surface area contributed by atoms with Crippen molar-refractivity contribution in [2.24, 2.45) is 0 Å². The summed E-state index contributed by atoms with van der Waals surface area (Å²) in [5.41, 5.74) is 2.90. The van der Waals surface area contributed by atoms with E-state index in [0.717, 1.165) is 43.2 Å². The van der Waals surface area contributed by atoms with E-state index < -0.39 is 0 Å². The van der Waals surface area contributed by atoms with Gasteiger partial charge in [0.1, 0.15) is 11.5 Å². The second-order valence-corrected chi connectivity index (χ2v) is 10.7. The van der Waals surface area contributed by atoms with E-state index in [4.69, 9.17) is 23.2 Å². The highest BCUT2D eigenvalue weighted by Crippen LogP contribution is 2.48. The van der Waals surface area contributed by atoms with E-state index in [9.17, 15) is 10.2 Å². The molecule has 2 aromatic carbocycles. The molecular weight excluding hydrogens is 427 g/mol. The fourth-order valence-corrected chi connectivity index (χ4v) is 5.36. The number of unbranched alkanes of at least 4 members (excludes halogenated alkanes) is 3. The number of phenols is 2. The Morgan fingerprint density at radius 1 is 0.839 bits per heavy atom. The van der Waals surface area contributed by atoms with Crippen LogP contribution in [0.1, 0.15) is 107 Å². The highest BCUT2D eigenvalue weighted by molar-refractivity contribution is 6.42. The molecule has 1 aliphatic rings. The molecule has 2 N–H and O–H groups in total. The lowest BCUT2D eigenvalue weighted by atomic mass is 9.74. The first-order valence-corrected chi connectivity index (χ1v) is 12.5. The van der Waals surface area contributed by atoms with Crippen LogP contribution in [-0.4, -0.2) is 10.2 Å². The molecule has 0 radical (unpaired) electrons. The molecular formula is C27H36Cl2O2. The van der Waals surface area contributed by atoms with Gasteiger partial charge in [0, 0.05) is 5.56 Å². The van der Waals surface area contributed by atoms with Gasteiger partial charge in [0.25, 0.3) is 0 Å². The average Bonchev–Trinajstić information content (AvgIpc) is 2.73. The Morgan fingerprint density at radius 2 is 1.45 bits per heavy atom. The third kappa shape index (κ3) is 5.90. The van der Waals surface area contributed by atoms with E-state index in [2.05, 4.69) is 26.8 Å². The minimum absolute atomic E-state index is 0.0628. The predicted octanol–water partition coefficient (Wildman–Crippen LogP) is 9.09. The van der Waals surface area contributed by atoms with E-state index in [1.807, 2.05) is 24.3 Å². The Bertz CT molecular complexity index is 860. The second-order valence-electron chi connectivity index (χ2n) is 9.84. The van der Waals surface area contributed by atoms with E-state index in [1.165, 1.54) is 31.2 Å². The maximum absolute atomic E-state index is 10.9. The van der Waals surface area contributed by atoms with Crippen molar-refractivity contribution in [3.63, 3.8) is 0 Å². The Morgan fingerprint density at radius 3 is 2.03 bits per heavy atom. The molecule has 0 spiro atoms. The summed E-state index contributed by atoms with van der Waals surface area (Å²) in [4.78, 5) is 0. The van der Waals surface area contributed by atoms with Crippen molar-refractivity contribution in [2.45, 2.75) is 95.8 Å². The zero-order chi connectivity index (χ0) is 22.6. The van der Waals surface area contributed by atoms with Gasteiger partial charge in [-0.2, -0.15) is 0 Å². The minimum Gasteiger partial charge on any atom is -0.508 e. The number of benzene rings is 2. The Kier molecular flexibility index (Phi) is 8.21. The van der Waals surface area contributed by atoms with Crippen molar-refractivity contribution in [2.75, 3.05) is 0 Å². The molecule has 31 heavy (non-hydrogen) atoms. The van der Waals surface area contributed by atoms with Crippen LogP contribution in [0.4, 0.5) is 0 Å². The van der Waals surface area contributed by atoms with Gasteiger partial charge in [-0.05, 0) is 84.7 Å². The van der Waals surface area contributed by atoms with Gasteiger partial charge >= 0.3 is 0 Å². The Balaban J connectivity index is 1.69. The lowest BCUT2D eigenvalue weighted by molar-refractivity contribution is 0.363. The maximum Gasteiger partial charge on any atom is 0.123 e. The molecule has 1 aliphatic carbocycles. The number of rotatable bonds is 8. The van der Waals surface area contributed by atoms with Crippen LogP contribution in [0, 0.1) is 0 Å². The van der Waals surface area contributed by atoms with Crippen LogP contribution < -0.4 is 0 Å². The third-order valence-corrected chi connectivity index (χ3v) is 7.86. The van der Waals surface area contributed by atoms with E-state index in [-0.39, 0.29) is 22.8 Å². The van der Waals surface area contributed by atoms with Crippen molar-refractivity contribution in [3.8, 4) is 11.5 Å². The molecule has 0 amide bonds. The smallest absolute Gasteiger partial charge is 0.123 e. The van der Waals surface area contributed by atoms with E-state index in [1.54, 1.807) is 0 Å². The summed E-state index contributed by atoms with van der Waals surface area (Å²) in [7, 11) is 0. The lowest BCUT2D eigenvalue weighted by Crippen LogP contribution is -2.18. The first kappa shape index (κ1) is 24.3. The summed E-state index contributed by atoms with van der Waals surface area (Å²) in [6.45, 7) is 6.63. The molecule has 170 valence electrons. The standard InChI is InChI=1S/C27H36Cl2O2/c1-4-5-6-7-14-27(2,3)21-16-24(30)26(25(31)17-21)19-10-8-18(9-11-19)20-12-13-22(28)23(29)15-20/h12-13,15-19,30-31H,4-11,14H2,1-3H3. The van der Waals surface area contributed by atoms with Gasteiger partial charge < -0.3 is 10.2 Å². The maximum atomic E-state index is 10.9. The molecule has 0 unspecified atom stereocenters. The molecule has 3 rings (SSSR count). The van der Waals surface area contributed by atoms with Crippen LogP contribution in [0.25, 0.3) is 0 Å². The molecule has 1 saturated carbocycles. The first-order valence-electron chi connectivity index (χ1n) is 11.7. The van der Waals surface area contributed by atoms with Crippen molar-refractivity contribution >= 4 is 23.2 Å². The quantitative estimate of drug-likeness (QED) is 0.383. The first-order chi connectivity index (χ1) is 14.7. The fourth-order valence-electron chi connectivity index (χ4n) is 5.05. The van der Waals surface area contributed by atoms with Gasteiger partial charge in [-0.3, -0.25) is 0 Å². The highest BCUT2D eigenvalue weighted by Gasteiger charge is 2.29. The minimum atomic E-state index is -0.0628. The number of phenolic OH excluding ortho intramolecular Hbond substituents is 2. The Labute approximate surface area is 197 Å². The number of aromatic hydroxyl groups is 2. The summed E-state index contributed by atoms with van der Waals surface area (Å²) >= 11 is 12.3. The zero-order valence-corrected chi connectivity index (χ0v) is 20.6. The molecule has 1 fully saturated rings. The normalized spacial score (nSPS) is 19.5. The molecule has 0 heterocycles.